The molecule has 0 bridgehead atoms. The number of sulfonamides is 1. The predicted molar refractivity (Wildman–Crippen MR) is 138 cm³/mol. The fourth-order valence-corrected chi connectivity index (χ4v) is 6.39. The highest BCUT2D eigenvalue weighted by atomic mass is 32.2. The normalized spacial score (nSPS) is 15.9. The molecule has 0 heterocycles. The molecule has 0 fully saturated rings. The average Bonchev–Trinajstić information content (AvgIpc) is 3.10. The molecule has 8 heteroatoms. The van der Waals surface area contributed by atoms with Gasteiger partial charge in [0, 0.05) is 11.9 Å². The second-order valence-electron chi connectivity index (χ2n) is 8.55. The van der Waals surface area contributed by atoms with Crippen molar-refractivity contribution in [3.05, 3.63) is 77.9 Å². The van der Waals surface area contributed by atoms with Gasteiger partial charge in [-0.2, -0.15) is 4.31 Å². The Kier molecular flexibility index (Phi) is 7.84. The maximum absolute atomic E-state index is 13.6. The molecule has 0 radical (unpaired) electrons. The van der Waals surface area contributed by atoms with Gasteiger partial charge in [-0.1, -0.05) is 42.8 Å². The van der Waals surface area contributed by atoms with Gasteiger partial charge in [-0.25, -0.2) is 13.2 Å². The first-order valence-electron chi connectivity index (χ1n) is 11.5. The van der Waals surface area contributed by atoms with Crippen molar-refractivity contribution in [3.8, 4) is 16.9 Å². The largest absolute Gasteiger partial charge is 0.482 e. The van der Waals surface area contributed by atoms with Crippen molar-refractivity contribution in [2.45, 2.75) is 41.5 Å². The van der Waals surface area contributed by atoms with E-state index in [-0.39, 0.29) is 10.9 Å². The molecule has 0 spiro atoms. The fourth-order valence-electron chi connectivity index (χ4n) is 4.57. The van der Waals surface area contributed by atoms with E-state index in [1.54, 1.807) is 43.1 Å². The number of hydrogen-bond acceptors (Lipinski definition) is 5. The van der Waals surface area contributed by atoms with Crippen LogP contribution in [0.5, 0.6) is 5.75 Å². The Morgan fingerprint density at radius 3 is 2.51 bits per heavy atom. The first-order chi connectivity index (χ1) is 16.8. The van der Waals surface area contributed by atoms with E-state index in [9.17, 15) is 13.2 Å². The summed E-state index contributed by atoms with van der Waals surface area (Å²) in [6, 6.07) is 20.3. The molecule has 1 aliphatic rings. The van der Waals surface area contributed by atoms with E-state index in [0.717, 1.165) is 46.4 Å². The third-order valence-electron chi connectivity index (χ3n) is 6.41. The molecular formula is C27H29NO5S2. The zero-order valence-corrected chi connectivity index (χ0v) is 21.4. The summed E-state index contributed by atoms with van der Waals surface area (Å²) < 4.78 is 34.2. The van der Waals surface area contributed by atoms with Crippen LogP contribution in [0.15, 0.2) is 76.5 Å². The maximum atomic E-state index is 13.6. The number of benzene rings is 3. The second kappa shape index (κ2) is 10.8. The number of hydrogen-bond donors (Lipinski definition) is 1. The number of carbonyl (C=O) groups is 1. The van der Waals surface area contributed by atoms with Crippen LogP contribution in [-0.2, 0) is 21.2 Å². The van der Waals surface area contributed by atoms with Crippen LogP contribution >= 0.6 is 11.8 Å². The molecule has 4 rings (SSSR count). The highest BCUT2D eigenvalue weighted by molar-refractivity contribution is 7.98. The molecule has 0 saturated carbocycles. The van der Waals surface area contributed by atoms with E-state index in [2.05, 4.69) is 6.07 Å². The molecule has 0 aliphatic heterocycles. The summed E-state index contributed by atoms with van der Waals surface area (Å²) in [4.78, 5) is 12.4. The van der Waals surface area contributed by atoms with Crippen LogP contribution in [0.25, 0.3) is 11.1 Å². The van der Waals surface area contributed by atoms with Crippen molar-refractivity contribution >= 4 is 27.8 Å². The Balaban J connectivity index is 1.63. The summed E-state index contributed by atoms with van der Waals surface area (Å²) in [5, 5.41) is 9.01. The number of carboxylic acids is 1. The van der Waals surface area contributed by atoms with Crippen molar-refractivity contribution in [2.24, 2.45) is 0 Å². The zero-order chi connectivity index (χ0) is 25.0. The molecule has 35 heavy (non-hydrogen) atoms. The molecule has 0 amide bonds. The molecule has 1 atom stereocenters. The second-order valence-corrected chi connectivity index (χ2v) is 11.4. The number of nitrogens with zero attached hydrogens (tertiary/aromatic N) is 1. The minimum Gasteiger partial charge on any atom is -0.482 e. The molecule has 0 saturated heterocycles. The quantitative estimate of drug-likeness (QED) is 0.312. The van der Waals surface area contributed by atoms with Crippen molar-refractivity contribution in [3.63, 3.8) is 0 Å². The number of aliphatic carboxylic acids is 1. The molecule has 6 nitrogen and oxygen atoms in total. The van der Waals surface area contributed by atoms with Crippen LogP contribution in [-0.4, -0.2) is 43.7 Å². The number of thioether (sulfide) groups is 1. The van der Waals surface area contributed by atoms with Crippen LogP contribution in [0, 0.1) is 0 Å². The van der Waals surface area contributed by atoms with E-state index in [1.165, 1.54) is 4.31 Å². The smallest absolute Gasteiger partial charge is 0.341 e. The summed E-state index contributed by atoms with van der Waals surface area (Å²) >= 11 is 1.67. The number of rotatable bonds is 8. The summed E-state index contributed by atoms with van der Waals surface area (Å²) in [5.41, 5.74) is 3.77. The first-order valence-corrected chi connectivity index (χ1v) is 14.2. The Bertz CT molecular complexity index is 1310. The Morgan fingerprint density at radius 1 is 1.06 bits per heavy atom. The maximum Gasteiger partial charge on any atom is 0.341 e. The van der Waals surface area contributed by atoms with Crippen LogP contribution in [0.4, 0.5) is 0 Å². The third kappa shape index (κ3) is 5.55. The number of carboxylic acid groups (broad SMARTS) is 1. The van der Waals surface area contributed by atoms with E-state index in [0.29, 0.717) is 12.2 Å². The van der Waals surface area contributed by atoms with Crippen LogP contribution < -0.4 is 4.74 Å². The Labute approximate surface area is 211 Å². The first kappa shape index (κ1) is 25.3. The Morgan fingerprint density at radius 2 is 1.80 bits per heavy atom. The van der Waals surface area contributed by atoms with Crippen molar-refractivity contribution in [1.29, 1.82) is 0 Å². The van der Waals surface area contributed by atoms with Gasteiger partial charge in [-0.05, 0) is 78.1 Å². The predicted octanol–water partition coefficient (Wildman–Crippen LogP) is 5.63. The molecule has 3 aromatic rings. The zero-order valence-electron chi connectivity index (χ0n) is 19.8. The van der Waals surface area contributed by atoms with Gasteiger partial charge in [0.1, 0.15) is 5.75 Å². The molecule has 1 unspecified atom stereocenters. The molecular weight excluding hydrogens is 482 g/mol. The molecule has 1 N–H and O–H groups in total. The minimum atomic E-state index is -3.75. The fraction of sp³-hybridized carbons (Fsp3) is 0.296. The topological polar surface area (TPSA) is 83.9 Å². The van der Waals surface area contributed by atoms with E-state index in [4.69, 9.17) is 9.84 Å². The lowest BCUT2D eigenvalue weighted by Crippen LogP contribution is -2.31. The summed E-state index contributed by atoms with van der Waals surface area (Å²) in [6.07, 6.45) is 5.18. The van der Waals surface area contributed by atoms with E-state index < -0.39 is 22.6 Å². The minimum absolute atomic E-state index is 0.244. The van der Waals surface area contributed by atoms with Gasteiger partial charge < -0.3 is 9.84 Å². The van der Waals surface area contributed by atoms with Crippen molar-refractivity contribution in [1.82, 2.24) is 4.31 Å². The Hall–Kier alpha value is -2.81. The standard InChI is InChI=1S/C27H29NO5S2/c1-28(25-11-4-3-9-24-23(25)10-6-12-26(24)33-18-27(29)30)35(31,32)22-15-13-19(14-16-22)20-7-5-8-21(17-20)34-2/h5-8,10,12-17,25H,3-4,9,11,18H2,1-2H3,(H,29,30). The van der Waals surface area contributed by atoms with Gasteiger partial charge in [0.2, 0.25) is 10.0 Å². The number of fused-ring (bicyclic) bond motifs is 1. The summed E-state index contributed by atoms with van der Waals surface area (Å²) in [5.74, 6) is -0.532. The number of ether oxygens (including phenoxy) is 1. The SMILES string of the molecule is CSc1cccc(-c2ccc(S(=O)(=O)N(C)C3CCCCc4c(OCC(=O)O)cccc43)cc2)c1. The molecule has 1 aliphatic carbocycles. The molecule has 3 aromatic carbocycles. The van der Waals surface area contributed by atoms with Crippen molar-refractivity contribution in [2.75, 3.05) is 19.9 Å². The van der Waals surface area contributed by atoms with Gasteiger partial charge >= 0.3 is 5.97 Å². The molecule has 0 aromatic heterocycles. The van der Waals surface area contributed by atoms with Crippen LogP contribution in [0.3, 0.4) is 0 Å². The summed E-state index contributed by atoms with van der Waals surface area (Å²) in [6.45, 7) is -0.429. The van der Waals surface area contributed by atoms with Gasteiger partial charge in [0.25, 0.3) is 0 Å². The average molecular weight is 512 g/mol. The van der Waals surface area contributed by atoms with Gasteiger partial charge in [0.05, 0.1) is 10.9 Å². The van der Waals surface area contributed by atoms with E-state index >= 15 is 0 Å². The van der Waals surface area contributed by atoms with E-state index in [1.807, 2.05) is 42.7 Å². The van der Waals surface area contributed by atoms with Gasteiger partial charge in [0.15, 0.2) is 6.61 Å². The third-order valence-corrected chi connectivity index (χ3v) is 9.01. The van der Waals surface area contributed by atoms with Gasteiger partial charge in [-0.15, -0.1) is 11.8 Å². The van der Waals surface area contributed by atoms with Gasteiger partial charge in [-0.3, -0.25) is 0 Å². The molecule has 184 valence electrons. The van der Waals surface area contributed by atoms with Crippen LogP contribution in [0.1, 0.15) is 36.4 Å². The lowest BCUT2D eigenvalue weighted by Gasteiger charge is -2.28. The monoisotopic (exact) mass is 511 g/mol. The summed E-state index contributed by atoms with van der Waals surface area (Å²) in [7, 11) is -2.13. The highest BCUT2D eigenvalue weighted by Crippen LogP contribution is 2.39. The lowest BCUT2D eigenvalue weighted by atomic mass is 9.98. The highest BCUT2D eigenvalue weighted by Gasteiger charge is 2.32. The van der Waals surface area contributed by atoms with Crippen molar-refractivity contribution < 1.29 is 23.1 Å². The van der Waals surface area contributed by atoms with Crippen LogP contribution in [0.2, 0.25) is 0 Å². The lowest BCUT2D eigenvalue weighted by molar-refractivity contribution is -0.139.